The van der Waals surface area contributed by atoms with Crippen LogP contribution in [0, 0.1) is 0 Å². The van der Waals surface area contributed by atoms with Crippen molar-refractivity contribution in [3.05, 3.63) is 120 Å². The first-order valence-corrected chi connectivity index (χ1v) is 244. The number of sulfonamides is 2. The zero-order valence-electron chi connectivity index (χ0n) is 40.7. The number of anilines is 2. The van der Waals surface area contributed by atoms with E-state index in [4.69, 9.17) is 0 Å². The first-order valence-electron chi connectivity index (χ1n) is 20.8. The van der Waals surface area contributed by atoms with Crippen LogP contribution in [-0.2, 0) is 34.4 Å². The number of carbonyl (C=O) groups excluding carboxylic acids is 2. The van der Waals surface area contributed by atoms with Crippen molar-refractivity contribution in [2.45, 2.75) is 47.3 Å². The second kappa shape index (κ2) is 53.3. The summed E-state index contributed by atoms with van der Waals surface area (Å²) in [5, 5.41) is 24.5. The number of rotatable bonds is 28. The summed E-state index contributed by atoms with van der Waals surface area (Å²) in [6.45, 7) is -0.0850. The van der Waals surface area contributed by atoms with Crippen LogP contribution in [0.1, 0.15) is 48.6 Å². The Morgan fingerprint density at radius 3 is 0.977 bits per heavy atom. The summed E-state index contributed by atoms with van der Waals surface area (Å²) in [4.78, 5) is 36.4. The number of amidine groups is 2. The number of Topliss-reactive ketones (excluding diaryl/α,β-unsaturated/α-hetero) is 2. The van der Waals surface area contributed by atoms with E-state index >= 15 is 0 Å². The molecule has 516 valence electrons. The molecule has 0 fully saturated rings. The Balaban J connectivity index is 0.000000285. The smallest absolute Gasteiger partial charge is 0.310 e. The van der Waals surface area contributed by atoms with Crippen molar-refractivity contribution in [1.82, 2.24) is 0 Å². The first-order chi connectivity index (χ1) is 40.7. The Morgan fingerprint density at radius 1 is 0.402 bits per heavy atom. The van der Waals surface area contributed by atoms with Crippen LogP contribution in [0.3, 0.4) is 0 Å². The van der Waals surface area contributed by atoms with Crippen LogP contribution in [0.4, 0.5) is 11.4 Å². The Morgan fingerprint density at radius 2 is 0.678 bits per heavy atom. The number of aliphatic carboxylic acids is 1. The molecule has 0 aliphatic carbocycles. The van der Waals surface area contributed by atoms with E-state index in [-0.39, 0.29) is 58.9 Å². The van der Waals surface area contributed by atoms with Crippen LogP contribution in [0.15, 0.2) is 128 Å². The van der Waals surface area contributed by atoms with Gasteiger partial charge in [0.15, 0.2) is 23.2 Å². The molecule has 2 unspecified atom stereocenters. The molecular weight excluding hydrogens is 5270 g/mol. The molecule has 0 amide bonds. The second-order valence-corrected chi connectivity index (χ2v) is 846. The molecule has 2 heterocycles. The van der Waals surface area contributed by atoms with Gasteiger partial charge in [-0.2, -0.15) is 16.8 Å². The summed E-state index contributed by atoms with van der Waals surface area (Å²) in [5.74, 6) is -3.49. The van der Waals surface area contributed by atoms with Crippen molar-refractivity contribution in [3.63, 3.8) is 0 Å². The van der Waals surface area contributed by atoms with Crippen molar-refractivity contribution in [2.24, 2.45) is 8.80 Å². The van der Waals surface area contributed by atoms with E-state index in [2.05, 4.69) is 373 Å². The number of carbonyl (C=O) groups is 3. The predicted octanol–water partition coefficient (Wildman–Crippen LogP) is 36.6. The van der Waals surface area contributed by atoms with Crippen LogP contribution in [0.25, 0.3) is 0 Å². The molecular formula is C36H34I36N4O9S2. The van der Waals surface area contributed by atoms with Crippen molar-refractivity contribution >= 4 is 549 Å². The maximum Gasteiger partial charge on any atom is 0.310 e. The van der Waals surface area contributed by atoms with Crippen molar-refractivity contribution < 1.29 is 41.4 Å². The normalized spacial score (nSPS) is 17.1. The Hall–Kier alpha value is 20.8. The molecule has 0 saturated carbocycles. The van der Waals surface area contributed by atoms with E-state index in [9.17, 15) is 41.4 Å². The van der Waals surface area contributed by atoms with Crippen LogP contribution in [0.2, 0.25) is 0 Å². The van der Waals surface area contributed by atoms with Gasteiger partial charge in [0.25, 0.3) is 20.0 Å². The Labute approximate surface area is 752 Å². The third-order valence-corrected chi connectivity index (χ3v) is 2660. The first kappa shape index (κ1) is 100. The molecule has 0 saturated heterocycles. The Kier molecular flexibility index (Phi) is 61.3. The van der Waals surface area contributed by atoms with Gasteiger partial charge in [-0.3, -0.25) is 14.4 Å². The fourth-order valence-electron chi connectivity index (χ4n) is 5.96. The maximum atomic E-state index is 12.4. The van der Waals surface area contributed by atoms with E-state index in [0.717, 1.165) is 5.56 Å². The number of ketones is 2. The summed E-state index contributed by atoms with van der Waals surface area (Å²) in [6, 6.07) is 30.5. The number of fused-ring (bicyclic) bond motifs is 2. The van der Waals surface area contributed by atoms with Crippen LogP contribution < -0.4 is 10.6 Å². The van der Waals surface area contributed by atoms with Crippen LogP contribution >= 0.6 is 488 Å². The standard InChI is InChI=1S/C18H16N2O5S.C18H18N2O4S.I36/c21-15(11-10-13(18(22)23)12-6-2-1-3-7-12)17-19-14-8-4-5-9-16(14)26(24,25)20-17;21-12-14(13-6-2-1-3-7-13)10-11-16(22)18-19-15-8-4-5-9-17(15)25(23,24)20-18;1-20(2)22(5)24(7)26(9)28(11)30(13)32(15)34(17)36(19)35(18)33(16)31(14)29(12)27(10)25(8)23(6)21(3)4/h1-9,13H,10-11H2,(H,19,20)(H,22,23);1-9,14,21H,10-12H2,(H,19,20);. The molecule has 0 radical (unpaired) electrons. The number of aliphatic hydroxyl groups excluding tert-OH is 1. The van der Waals surface area contributed by atoms with E-state index < -0.39 is 178 Å². The van der Waals surface area contributed by atoms with Crippen LogP contribution in [0.5, 0.6) is 0 Å². The summed E-state index contributed by atoms with van der Waals surface area (Å²) in [7, 11) is -16.2. The van der Waals surface area contributed by atoms with Gasteiger partial charge in [0, 0.05) is 25.4 Å². The fraction of sp³-hybridized carbons (Fsp3) is 0.194. The molecule has 2 aliphatic rings. The maximum absolute atomic E-state index is 12.4. The van der Waals surface area contributed by atoms with Gasteiger partial charge < -0.3 is 20.8 Å². The van der Waals surface area contributed by atoms with E-state index in [1.807, 2.05) is 30.3 Å². The van der Waals surface area contributed by atoms with Gasteiger partial charge in [0.05, 0.1) is 17.3 Å². The summed E-state index contributed by atoms with van der Waals surface area (Å²) in [5.41, 5.74) is 2.16. The monoisotopic (exact) mass is 5300 g/mol. The third-order valence-electron chi connectivity index (χ3n) is 9.46. The summed E-state index contributed by atoms with van der Waals surface area (Å²) >= 11 is 60.6. The molecule has 4 N–H and O–H groups in total. The zero-order valence-corrected chi connectivity index (χ0v) is 120. The largest absolute Gasteiger partial charge is 0.481 e. The average molecular weight is 5300 g/mol. The molecule has 6 rings (SSSR count). The number of benzene rings is 4. The van der Waals surface area contributed by atoms with Crippen molar-refractivity contribution in [2.75, 3.05) is 17.2 Å². The minimum absolute atomic E-state index is 0.00393. The molecule has 0 aromatic heterocycles. The number of carboxylic acid groups (broad SMARTS) is 1. The molecule has 4 aromatic carbocycles. The quantitative estimate of drug-likeness (QED) is 0.0393. The van der Waals surface area contributed by atoms with Gasteiger partial charge >= 0.3 is 494 Å². The van der Waals surface area contributed by atoms with Crippen molar-refractivity contribution in [3.8, 4) is 0 Å². The summed E-state index contributed by atoms with van der Waals surface area (Å²) < 4.78 is 55.9. The molecule has 2 aliphatic heterocycles. The van der Waals surface area contributed by atoms with Gasteiger partial charge in [-0.1, -0.05) is 84.9 Å². The third kappa shape index (κ3) is 34.3. The number of para-hydroxylation sites is 2. The number of nitrogens with zero attached hydrogens (tertiary/aromatic N) is 2. The molecule has 4 aromatic rings. The van der Waals surface area contributed by atoms with Gasteiger partial charge in [-0.05, 0) is 48.2 Å². The molecule has 0 bridgehead atoms. The summed E-state index contributed by atoms with van der Waals surface area (Å²) in [6.07, 6.45) is 0.390. The van der Waals surface area contributed by atoms with E-state index in [1.165, 1.54) is 12.1 Å². The molecule has 2 atom stereocenters. The number of aliphatic hydroxyl groups is 1. The molecule has 0 spiro atoms. The second-order valence-electron chi connectivity index (χ2n) is 14.3. The number of nitrogens with one attached hydrogen (secondary N) is 2. The van der Waals surface area contributed by atoms with Gasteiger partial charge in [0.1, 0.15) is 9.79 Å². The molecule has 87 heavy (non-hydrogen) atoms. The Bertz CT molecular complexity index is 3150. The number of hydrogen-bond donors (Lipinski definition) is 4. The van der Waals surface area contributed by atoms with Gasteiger partial charge in [-0.15, -0.1) is 8.80 Å². The SMILES string of the molecule is II(I)I(I)I(I)I(I)I(I)I(I)I(I)I(I)I(I)I(I)I(I)I(I)I(I)I(I)I(I)I(I)I(I)I.O=C(CCC(C(=O)O)c1ccccc1)C1=NS(=O)(=O)c2ccccc2N1.O=C(CCC(CO)c1ccccc1)C1=NS(=O)(=O)c2ccccc2N1. The predicted molar refractivity (Wildman–Crippen MR) is 696 cm³/mol. The minimum atomic E-state index is -3.95. The number of carboxylic acids is 1. The minimum Gasteiger partial charge on any atom is -0.481 e. The average Bonchev–Trinajstić information content (AvgIpc) is 1.13. The molecule has 51 heteroatoms. The van der Waals surface area contributed by atoms with Crippen LogP contribution in [-0.4, -0.2) is 62.9 Å². The topological polar surface area (TPSA) is 209 Å². The number of halogens is 36. The zero-order chi connectivity index (χ0) is 65.4. The van der Waals surface area contributed by atoms with Crippen molar-refractivity contribution in [1.29, 1.82) is 0 Å². The van der Waals surface area contributed by atoms with E-state index in [0.29, 0.717) is 17.7 Å². The molecule has 13 nitrogen and oxygen atoms in total. The fourth-order valence-corrected chi connectivity index (χ4v) is 6290. The van der Waals surface area contributed by atoms with Gasteiger partial charge in [-0.25, -0.2) is 0 Å². The van der Waals surface area contributed by atoms with Gasteiger partial charge in [0.2, 0.25) is 0 Å². The number of hydrogen-bond acceptors (Lipinski definition) is 10. The van der Waals surface area contributed by atoms with E-state index in [1.54, 1.807) is 66.7 Å².